The highest BCUT2D eigenvalue weighted by atomic mass is 79.9. The summed E-state index contributed by atoms with van der Waals surface area (Å²) in [4.78, 5) is 0. The van der Waals surface area contributed by atoms with Gasteiger partial charge in [0.2, 0.25) is 4.77 Å². The van der Waals surface area contributed by atoms with Crippen molar-refractivity contribution in [1.82, 2.24) is 14.9 Å². The molecule has 24 heavy (non-hydrogen) atoms. The van der Waals surface area contributed by atoms with E-state index >= 15 is 0 Å². The lowest BCUT2D eigenvalue weighted by atomic mass is 10.2. The number of benzene rings is 2. The Labute approximate surface area is 157 Å². The first-order valence-electron chi connectivity index (χ1n) is 7.13. The Morgan fingerprint density at radius 1 is 1.25 bits per heavy atom. The van der Waals surface area contributed by atoms with Crippen LogP contribution in [0.1, 0.15) is 11.1 Å². The number of H-pyrrole nitrogens is 1. The molecule has 0 saturated carbocycles. The van der Waals surface area contributed by atoms with E-state index in [1.807, 2.05) is 42.5 Å². The van der Waals surface area contributed by atoms with Crippen molar-refractivity contribution in [3.8, 4) is 5.75 Å². The van der Waals surface area contributed by atoms with E-state index in [9.17, 15) is 0 Å². The van der Waals surface area contributed by atoms with Gasteiger partial charge in [-0.15, -0.1) is 0 Å². The minimum atomic E-state index is 0.469. The molecule has 1 heterocycles. The zero-order valence-electron chi connectivity index (χ0n) is 12.5. The number of nitrogens with zero attached hydrogens (tertiary/aromatic N) is 2. The first-order valence-corrected chi connectivity index (χ1v) is 8.71. The van der Waals surface area contributed by atoms with Gasteiger partial charge in [-0.25, -0.2) is 4.68 Å². The lowest BCUT2D eigenvalue weighted by Gasteiger charge is -2.13. The number of hydrogen-bond acceptors (Lipinski definition) is 4. The molecule has 3 rings (SSSR count). The number of hydrogen-bond donors (Lipinski definition) is 2. The normalized spacial score (nSPS) is 10.6. The third-order valence-corrected chi connectivity index (χ3v) is 4.36. The van der Waals surface area contributed by atoms with E-state index in [1.54, 1.807) is 11.0 Å². The second-order valence-corrected chi connectivity index (χ2v) is 6.77. The topological polar surface area (TPSA) is 54.9 Å². The van der Waals surface area contributed by atoms with Crippen LogP contribution in [0.2, 0.25) is 5.02 Å². The summed E-state index contributed by atoms with van der Waals surface area (Å²) in [5.74, 6) is 0.802. The number of rotatable bonds is 6. The first-order chi connectivity index (χ1) is 11.6. The molecular weight excluding hydrogens is 412 g/mol. The van der Waals surface area contributed by atoms with Crippen molar-refractivity contribution in [3.63, 3.8) is 0 Å². The highest BCUT2D eigenvalue weighted by Crippen LogP contribution is 2.24. The van der Waals surface area contributed by atoms with Gasteiger partial charge >= 0.3 is 0 Å². The molecule has 2 aromatic carbocycles. The fourth-order valence-corrected chi connectivity index (χ4v) is 2.80. The molecule has 0 atom stereocenters. The van der Waals surface area contributed by atoms with Gasteiger partial charge in [0, 0.05) is 15.1 Å². The quantitative estimate of drug-likeness (QED) is 0.563. The second-order valence-electron chi connectivity index (χ2n) is 5.03. The van der Waals surface area contributed by atoms with E-state index in [0.717, 1.165) is 21.3 Å². The molecule has 3 aromatic rings. The third kappa shape index (κ3) is 4.37. The van der Waals surface area contributed by atoms with Crippen LogP contribution in [0.25, 0.3) is 0 Å². The highest BCUT2D eigenvalue weighted by Gasteiger charge is 2.06. The van der Waals surface area contributed by atoms with Gasteiger partial charge in [0.05, 0.1) is 6.54 Å². The van der Waals surface area contributed by atoms with Crippen LogP contribution in [0.15, 0.2) is 53.3 Å². The van der Waals surface area contributed by atoms with Crippen LogP contribution in [0.4, 0.5) is 0 Å². The Kier molecular flexibility index (Phi) is 5.55. The number of nitrogens with one attached hydrogen (secondary N) is 2. The molecule has 0 amide bonds. The van der Waals surface area contributed by atoms with Crippen LogP contribution in [-0.2, 0) is 13.2 Å². The molecule has 0 saturated heterocycles. The fourth-order valence-electron chi connectivity index (χ4n) is 2.10. The Morgan fingerprint density at radius 3 is 2.75 bits per heavy atom. The van der Waals surface area contributed by atoms with Gasteiger partial charge in [-0.3, -0.25) is 5.10 Å². The van der Waals surface area contributed by atoms with E-state index in [2.05, 4.69) is 31.6 Å². The van der Waals surface area contributed by atoms with Crippen molar-refractivity contribution >= 4 is 39.7 Å². The Balaban J connectivity index is 1.71. The lowest BCUT2D eigenvalue weighted by Crippen LogP contribution is -2.14. The maximum atomic E-state index is 5.96. The van der Waals surface area contributed by atoms with Crippen LogP contribution in [0.3, 0.4) is 0 Å². The summed E-state index contributed by atoms with van der Waals surface area (Å²) < 4.78 is 9.10. The predicted octanol–water partition coefficient (Wildman–Crippen LogP) is 4.68. The molecule has 0 unspecified atom stereocenters. The van der Waals surface area contributed by atoms with Crippen LogP contribution in [0, 0.1) is 4.77 Å². The lowest BCUT2D eigenvalue weighted by molar-refractivity contribution is 0.303. The Bertz CT molecular complexity index is 878. The smallest absolute Gasteiger partial charge is 0.214 e. The van der Waals surface area contributed by atoms with Gasteiger partial charge in [0.25, 0.3) is 0 Å². The maximum Gasteiger partial charge on any atom is 0.214 e. The van der Waals surface area contributed by atoms with Crippen LogP contribution in [-0.4, -0.2) is 14.9 Å². The fraction of sp³-hybridized carbons (Fsp3) is 0.125. The standard InChI is InChI=1S/C16H14BrClN4OS/c17-13-3-6-15(23-9-11-1-4-14(18)5-2-11)12(7-13)8-20-22-10-19-21-16(22)24/h1-7,10,20H,8-9H2,(H,21,24). The molecule has 0 aliphatic rings. The molecule has 0 aliphatic carbocycles. The largest absolute Gasteiger partial charge is 0.489 e. The summed E-state index contributed by atoms with van der Waals surface area (Å²) in [6, 6.07) is 13.5. The SMILES string of the molecule is S=c1[nH]ncn1NCc1cc(Br)ccc1OCc1ccc(Cl)cc1. The Morgan fingerprint density at radius 2 is 2.04 bits per heavy atom. The van der Waals surface area contributed by atoms with Crippen LogP contribution < -0.4 is 10.2 Å². The van der Waals surface area contributed by atoms with Crippen molar-refractivity contribution in [1.29, 1.82) is 0 Å². The summed E-state index contributed by atoms with van der Waals surface area (Å²) in [6.45, 7) is 1.01. The first kappa shape index (κ1) is 17.0. The van der Waals surface area contributed by atoms with Crippen LogP contribution in [0.5, 0.6) is 5.75 Å². The molecule has 124 valence electrons. The third-order valence-electron chi connectivity index (χ3n) is 3.32. The number of ether oxygens (including phenoxy) is 1. The predicted molar refractivity (Wildman–Crippen MR) is 100 cm³/mol. The summed E-state index contributed by atoms with van der Waals surface area (Å²) >= 11 is 14.5. The molecule has 0 spiro atoms. The van der Waals surface area contributed by atoms with Gasteiger partial charge in [0.1, 0.15) is 18.7 Å². The molecule has 0 radical (unpaired) electrons. The van der Waals surface area contributed by atoms with Crippen molar-refractivity contribution < 1.29 is 4.74 Å². The van der Waals surface area contributed by atoms with Gasteiger partial charge in [-0.05, 0) is 48.1 Å². The molecular formula is C16H14BrClN4OS. The zero-order chi connectivity index (χ0) is 16.9. The van der Waals surface area contributed by atoms with Gasteiger partial charge < -0.3 is 10.2 Å². The minimum Gasteiger partial charge on any atom is -0.489 e. The van der Waals surface area contributed by atoms with Gasteiger partial charge in [-0.2, -0.15) is 5.10 Å². The molecule has 1 aromatic heterocycles. The summed E-state index contributed by atoms with van der Waals surface area (Å²) in [5.41, 5.74) is 5.24. The number of aromatic amines is 1. The average molecular weight is 426 g/mol. The summed E-state index contributed by atoms with van der Waals surface area (Å²) in [5, 5.41) is 7.29. The van der Waals surface area contributed by atoms with Crippen molar-refractivity contribution in [3.05, 3.63) is 74.2 Å². The second kappa shape index (κ2) is 7.83. The monoisotopic (exact) mass is 424 g/mol. The van der Waals surface area contributed by atoms with Crippen molar-refractivity contribution in [2.45, 2.75) is 13.2 Å². The molecule has 5 nitrogen and oxygen atoms in total. The Hall–Kier alpha value is -1.83. The maximum absolute atomic E-state index is 5.96. The average Bonchev–Trinajstić information content (AvgIpc) is 2.98. The van der Waals surface area contributed by atoms with E-state index < -0.39 is 0 Å². The summed E-state index contributed by atoms with van der Waals surface area (Å²) in [6.07, 6.45) is 1.59. The molecule has 2 N–H and O–H groups in total. The minimum absolute atomic E-state index is 0.469. The number of aromatic nitrogens is 3. The zero-order valence-corrected chi connectivity index (χ0v) is 15.7. The van der Waals surface area contributed by atoms with E-state index in [0.29, 0.717) is 22.9 Å². The summed E-state index contributed by atoms with van der Waals surface area (Å²) in [7, 11) is 0. The van der Waals surface area contributed by atoms with Crippen molar-refractivity contribution in [2.24, 2.45) is 0 Å². The number of halogens is 2. The van der Waals surface area contributed by atoms with Crippen LogP contribution >= 0.6 is 39.7 Å². The van der Waals surface area contributed by atoms with E-state index in [-0.39, 0.29) is 0 Å². The molecule has 0 aliphatic heterocycles. The van der Waals surface area contributed by atoms with Gasteiger partial charge in [-0.1, -0.05) is 39.7 Å². The highest BCUT2D eigenvalue weighted by molar-refractivity contribution is 9.10. The molecule has 8 heteroatoms. The molecule has 0 fully saturated rings. The molecule has 0 bridgehead atoms. The van der Waals surface area contributed by atoms with E-state index in [1.165, 1.54) is 0 Å². The van der Waals surface area contributed by atoms with Crippen molar-refractivity contribution in [2.75, 3.05) is 5.43 Å². The van der Waals surface area contributed by atoms with Gasteiger partial charge in [0.15, 0.2) is 0 Å². The van der Waals surface area contributed by atoms with E-state index in [4.69, 9.17) is 28.6 Å².